The molecule has 0 radical (unpaired) electrons. The zero-order valence-corrected chi connectivity index (χ0v) is 18.9. The summed E-state index contributed by atoms with van der Waals surface area (Å²) in [5, 5.41) is 18.6. The number of pyridine rings is 1. The number of rotatable bonds is 5. The van der Waals surface area contributed by atoms with E-state index in [1.54, 1.807) is 12.1 Å². The number of anilines is 1. The Balaban J connectivity index is 0.000000513. The van der Waals surface area contributed by atoms with E-state index in [1.807, 2.05) is 44.2 Å². The summed E-state index contributed by atoms with van der Waals surface area (Å²) >= 11 is 0. The maximum atomic E-state index is 10.0. The van der Waals surface area contributed by atoms with Crippen LogP contribution in [0.25, 0.3) is 11.3 Å². The van der Waals surface area contributed by atoms with Gasteiger partial charge < -0.3 is 15.5 Å². The minimum absolute atomic E-state index is 0.200. The lowest BCUT2D eigenvalue weighted by Crippen LogP contribution is -1.94. The fourth-order valence-corrected chi connectivity index (χ4v) is 2.49. The van der Waals surface area contributed by atoms with Crippen molar-refractivity contribution in [3.8, 4) is 17.0 Å². The highest BCUT2D eigenvalue weighted by Crippen LogP contribution is 2.19. The van der Waals surface area contributed by atoms with Crippen LogP contribution in [-0.4, -0.2) is 28.1 Å². The molecule has 0 aliphatic carbocycles. The van der Waals surface area contributed by atoms with Crippen LogP contribution in [-0.2, 0) is 16.0 Å². The van der Waals surface area contributed by atoms with Crippen molar-refractivity contribution < 1.29 is 19.8 Å². The molecule has 3 rings (SSSR count). The molecule has 170 valence electrons. The van der Waals surface area contributed by atoms with Gasteiger partial charge >= 0.3 is 0 Å². The lowest BCUT2D eigenvalue weighted by Gasteiger charge is -2.03. The van der Waals surface area contributed by atoms with Crippen molar-refractivity contribution in [2.75, 3.05) is 5.32 Å². The molecule has 3 N–H and O–H groups in total. The Bertz CT molecular complexity index is 902. The van der Waals surface area contributed by atoms with Gasteiger partial charge in [0.2, 0.25) is 6.41 Å². The monoisotopic (exact) mass is 436 g/mol. The summed E-state index contributed by atoms with van der Waals surface area (Å²) in [6.07, 6.45) is 6.18. The smallest absolute Gasteiger partial charge is 0.290 e. The van der Waals surface area contributed by atoms with Crippen LogP contribution in [0.5, 0.6) is 5.75 Å². The third-order valence-electron chi connectivity index (χ3n) is 3.90. The molecule has 0 aliphatic heterocycles. The maximum Gasteiger partial charge on any atom is 0.290 e. The van der Waals surface area contributed by atoms with Crippen LogP contribution < -0.4 is 5.32 Å². The Labute approximate surface area is 190 Å². The van der Waals surface area contributed by atoms with Gasteiger partial charge in [-0.05, 0) is 49.6 Å². The first kappa shape index (κ1) is 28.1. The van der Waals surface area contributed by atoms with Gasteiger partial charge in [0.25, 0.3) is 6.47 Å². The second kappa shape index (κ2) is 17.9. The van der Waals surface area contributed by atoms with E-state index in [1.165, 1.54) is 11.8 Å². The number of hydrogen-bond acceptors (Lipinski definition) is 4. The van der Waals surface area contributed by atoms with Gasteiger partial charge in [-0.25, -0.2) is 0 Å². The number of carboxylic acid groups (broad SMARTS) is 1. The minimum Gasteiger partial charge on any atom is -0.506 e. The van der Waals surface area contributed by atoms with Crippen molar-refractivity contribution in [2.45, 2.75) is 33.6 Å². The normalized spacial score (nSPS) is 8.72. The number of hydrogen-bond donors (Lipinski definition) is 3. The maximum absolute atomic E-state index is 10.0. The van der Waals surface area contributed by atoms with Crippen LogP contribution in [0.4, 0.5) is 5.69 Å². The zero-order chi connectivity index (χ0) is 24.2. The first-order chi connectivity index (χ1) is 15.5. The predicted molar refractivity (Wildman–Crippen MR) is 131 cm³/mol. The number of benzene rings is 2. The average Bonchev–Trinajstić information content (AvgIpc) is 2.79. The molecule has 0 atom stereocenters. The Kier molecular flexibility index (Phi) is 15.7. The first-order valence-electron chi connectivity index (χ1n) is 10.1. The quantitative estimate of drug-likeness (QED) is 0.343. The Morgan fingerprint density at radius 1 is 1.03 bits per heavy atom. The van der Waals surface area contributed by atoms with Crippen molar-refractivity contribution in [2.24, 2.45) is 0 Å². The van der Waals surface area contributed by atoms with E-state index in [-0.39, 0.29) is 12.2 Å². The number of aryl methyl sites for hydroxylation is 2. The second-order valence-corrected chi connectivity index (χ2v) is 6.44. The number of carbonyl (C=O) groups excluding carboxylic acids is 1. The van der Waals surface area contributed by atoms with Crippen LogP contribution in [0.2, 0.25) is 0 Å². The topological polar surface area (TPSA) is 99.5 Å². The molecule has 0 saturated carbocycles. The summed E-state index contributed by atoms with van der Waals surface area (Å²) in [6.45, 7) is 9.13. The molecule has 3 aromatic rings. The van der Waals surface area contributed by atoms with Gasteiger partial charge in [-0.15, -0.1) is 6.58 Å². The third-order valence-corrected chi connectivity index (χ3v) is 3.90. The molecule has 0 unspecified atom stereocenters. The summed E-state index contributed by atoms with van der Waals surface area (Å²) in [4.78, 5) is 22.6. The molecule has 1 amide bonds. The molecule has 32 heavy (non-hydrogen) atoms. The molecule has 1 aromatic heterocycles. The predicted octanol–water partition coefficient (Wildman–Crippen LogP) is 5.86. The highest BCUT2D eigenvalue weighted by molar-refractivity contribution is 5.73. The Morgan fingerprint density at radius 3 is 2.09 bits per heavy atom. The Hall–Kier alpha value is -3.93. The Morgan fingerprint density at radius 2 is 1.62 bits per heavy atom. The fraction of sp³-hybridized carbons (Fsp3) is 0.192. The lowest BCUT2D eigenvalue weighted by molar-refractivity contribution is -0.122. The van der Waals surface area contributed by atoms with E-state index in [9.17, 15) is 4.79 Å². The highest BCUT2D eigenvalue weighted by Gasteiger charge is 1.99. The standard InChI is InChI=1S/C14H15NO.C8H9NO.C3H6.CH2O2/c1-2-3-11-4-6-12(7-5-11)14-9-8-13(16)10-15-14;1-7-4-2-3-5-8(7)9-6-10;1-3-2;2-1-3/h4-10,16H,2-3H2,1H3;2-6H,1H3,(H,9,10);3H,1H2,2H3;1H,(H,2,3). The molecule has 6 heteroatoms. The van der Waals surface area contributed by atoms with Crippen molar-refractivity contribution in [3.63, 3.8) is 0 Å². The van der Waals surface area contributed by atoms with Gasteiger partial charge in [0.15, 0.2) is 0 Å². The molecular formula is C26H32N2O4. The van der Waals surface area contributed by atoms with Gasteiger partial charge in [-0.1, -0.05) is 61.9 Å². The van der Waals surface area contributed by atoms with Crippen LogP contribution in [0.1, 0.15) is 31.4 Å². The van der Waals surface area contributed by atoms with Crippen molar-refractivity contribution in [3.05, 3.63) is 90.6 Å². The number of amides is 1. The van der Waals surface area contributed by atoms with E-state index in [2.05, 4.69) is 48.1 Å². The summed E-state index contributed by atoms with van der Waals surface area (Å²) in [5.41, 5.74) is 5.28. The number of nitrogens with zero attached hydrogens (tertiary/aromatic N) is 1. The van der Waals surface area contributed by atoms with E-state index in [0.717, 1.165) is 35.3 Å². The molecule has 0 saturated heterocycles. The van der Waals surface area contributed by atoms with Gasteiger partial charge in [-0.3, -0.25) is 14.6 Å². The number of allylic oxidation sites excluding steroid dienone is 1. The van der Waals surface area contributed by atoms with Crippen molar-refractivity contribution in [1.82, 2.24) is 4.98 Å². The number of para-hydroxylation sites is 1. The van der Waals surface area contributed by atoms with E-state index in [0.29, 0.717) is 6.41 Å². The zero-order valence-electron chi connectivity index (χ0n) is 18.9. The van der Waals surface area contributed by atoms with E-state index in [4.69, 9.17) is 15.0 Å². The van der Waals surface area contributed by atoms with Crippen LogP contribution in [0.15, 0.2) is 79.5 Å². The van der Waals surface area contributed by atoms with Crippen LogP contribution in [0.3, 0.4) is 0 Å². The third kappa shape index (κ3) is 11.9. The van der Waals surface area contributed by atoms with Gasteiger partial charge in [0.1, 0.15) is 5.75 Å². The summed E-state index contributed by atoms with van der Waals surface area (Å²) in [7, 11) is 0. The fourth-order valence-electron chi connectivity index (χ4n) is 2.49. The number of carbonyl (C=O) groups is 2. The van der Waals surface area contributed by atoms with Gasteiger partial charge in [0.05, 0.1) is 11.9 Å². The van der Waals surface area contributed by atoms with Crippen molar-refractivity contribution >= 4 is 18.6 Å². The molecule has 0 spiro atoms. The van der Waals surface area contributed by atoms with E-state index >= 15 is 0 Å². The van der Waals surface area contributed by atoms with Gasteiger partial charge in [-0.2, -0.15) is 0 Å². The molecule has 0 aliphatic rings. The van der Waals surface area contributed by atoms with E-state index < -0.39 is 0 Å². The molecule has 1 heterocycles. The molecule has 0 fully saturated rings. The second-order valence-electron chi connectivity index (χ2n) is 6.44. The summed E-state index contributed by atoms with van der Waals surface area (Å²) in [5.74, 6) is 0.200. The number of aromatic nitrogens is 1. The van der Waals surface area contributed by atoms with Crippen LogP contribution in [0, 0.1) is 6.92 Å². The molecule has 0 bridgehead atoms. The average molecular weight is 437 g/mol. The molecule has 6 nitrogen and oxygen atoms in total. The number of nitrogens with one attached hydrogen (secondary N) is 1. The minimum atomic E-state index is -0.250. The SMILES string of the molecule is C=CC.CCCc1ccc(-c2ccc(O)cn2)cc1.Cc1ccccc1NC=O.O=CO. The summed E-state index contributed by atoms with van der Waals surface area (Å²) < 4.78 is 0. The van der Waals surface area contributed by atoms with Crippen molar-refractivity contribution in [1.29, 1.82) is 0 Å². The molecular weight excluding hydrogens is 404 g/mol. The van der Waals surface area contributed by atoms with Crippen LogP contribution >= 0.6 is 0 Å². The number of aromatic hydroxyl groups is 1. The molecule has 2 aromatic carbocycles. The first-order valence-corrected chi connectivity index (χ1v) is 10.1. The summed E-state index contributed by atoms with van der Waals surface area (Å²) in [6, 6.07) is 19.5. The highest BCUT2D eigenvalue weighted by atomic mass is 16.3. The largest absolute Gasteiger partial charge is 0.506 e. The van der Waals surface area contributed by atoms with Gasteiger partial charge in [0, 0.05) is 11.3 Å². The lowest BCUT2D eigenvalue weighted by atomic mass is 10.1.